The predicted octanol–water partition coefficient (Wildman–Crippen LogP) is 2.38. The van der Waals surface area contributed by atoms with Gasteiger partial charge in [0.05, 0.1) is 11.5 Å². The Hall–Kier alpha value is -2.71. The molecule has 2 amide bonds. The van der Waals surface area contributed by atoms with Gasteiger partial charge in [0.2, 0.25) is 11.7 Å². The van der Waals surface area contributed by atoms with Crippen molar-refractivity contribution in [2.24, 2.45) is 0 Å². The van der Waals surface area contributed by atoms with E-state index in [2.05, 4.69) is 20.1 Å². The van der Waals surface area contributed by atoms with Gasteiger partial charge < -0.3 is 20.1 Å². The topological polar surface area (TPSA) is 114 Å². The highest BCUT2D eigenvalue weighted by Gasteiger charge is 2.32. The van der Waals surface area contributed by atoms with Crippen LogP contribution < -0.4 is 5.73 Å². The number of hydrogen-bond acceptors (Lipinski definition) is 7. The third kappa shape index (κ3) is 3.29. The third-order valence-corrected chi connectivity index (χ3v) is 5.88. The summed E-state index contributed by atoms with van der Waals surface area (Å²) in [6, 6.07) is 0.134. The molecule has 2 aromatic rings. The first-order valence-corrected chi connectivity index (χ1v) is 10.2. The number of nitrogen functional groups attached to an aromatic ring is 1. The number of nitrogens with zero attached hydrogens (tertiary/aromatic N) is 6. The average Bonchev–Trinajstić information content (AvgIpc) is 3.21. The van der Waals surface area contributed by atoms with E-state index in [-0.39, 0.29) is 11.9 Å². The van der Waals surface area contributed by atoms with Crippen LogP contribution in [0.15, 0.2) is 10.7 Å². The van der Waals surface area contributed by atoms with Gasteiger partial charge in [-0.1, -0.05) is 5.16 Å². The summed E-state index contributed by atoms with van der Waals surface area (Å²) in [5.74, 6) is 2.65. The van der Waals surface area contributed by atoms with Crippen LogP contribution in [-0.2, 0) is 0 Å². The van der Waals surface area contributed by atoms with Gasteiger partial charge in [-0.05, 0) is 38.5 Å². The van der Waals surface area contributed by atoms with Crippen LogP contribution in [0.3, 0.4) is 0 Å². The maximum Gasteiger partial charge on any atom is 0.320 e. The molecular weight excluding hydrogens is 358 g/mol. The van der Waals surface area contributed by atoms with E-state index < -0.39 is 0 Å². The molecule has 5 rings (SSSR count). The number of carbonyl (C=O) groups is 1. The van der Waals surface area contributed by atoms with E-state index in [0.717, 1.165) is 64.0 Å². The number of aromatic nitrogens is 4. The normalized spacial score (nSPS) is 22.6. The van der Waals surface area contributed by atoms with E-state index >= 15 is 0 Å². The molecule has 3 fully saturated rings. The van der Waals surface area contributed by atoms with Crippen LogP contribution in [0.2, 0.25) is 0 Å². The number of rotatable bonds is 3. The highest BCUT2D eigenvalue weighted by Crippen LogP contribution is 2.39. The first-order valence-electron chi connectivity index (χ1n) is 10.2. The molecule has 4 heterocycles. The van der Waals surface area contributed by atoms with E-state index in [4.69, 9.17) is 10.3 Å². The van der Waals surface area contributed by atoms with Crippen molar-refractivity contribution < 1.29 is 9.32 Å². The van der Waals surface area contributed by atoms with E-state index in [9.17, 15) is 4.79 Å². The molecule has 1 atom stereocenters. The minimum absolute atomic E-state index is 0.0504. The quantitative estimate of drug-likeness (QED) is 0.865. The predicted molar refractivity (Wildman–Crippen MR) is 101 cm³/mol. The summed E-state index contributed by atoms with van der Waals surface area (Å²) in [6.07, 6.45) is 7.99. The summed E-state index contributed by atoms with van der Waals surface area (Å²) < 4.78 is 5.53. The molecule has 2 aromatic heterocycles. The number of likely N-dealkylation sites (tertiary alicyclic amines) is 2. The fourth-order valence-electron chi connectivity index (χ4n) is 4.09. The van der Waals surface area contributed by atoms with E-state index in [1.807, 2.05) is 9.80 Å². The Morgan fingerprint density at radius 3 is 2.57 bits per heavy atom. The highest BCUT2D eigenvalue weighted by molar-refractivity contribution is 5.75. The molecule has 0 spiro atoms. The van der Waals surface area contributed by atoms with Crippen LogP contribution in [0.1, 0.15) is 62.1 Å². The Balaban J connectivity index is 1.30. The zero-order valence-electron chi connectivity index (χ0n) is 15.9. The molecule has 2 N–H and O–H groups in total. The molecule has 9 nitrogen and oxygen atoms in total. The van der Waals surface area contributed by atoms with Crippen molar-refractivity contribution in [3.63, 3.8) is 0 Å². The highest BCUT2D eigenvalue weighted by atomic mass is 16.5. The van der Waals surface area contributed by atoms with Gasteiger partial charge in [0.1, 0.15) is 11.6 Å². The average molecular weight is 383 g/mol. The van der Waals surface area contributed by atoms with Gasteiger partial charge in [-0.15, -0.1) is 0 Å². The van der Waals surface area contributed by atoms with Crippen LogP contribution in [0, 0.1) is 0 Å². The van der Waals surface area contributed by atoms with Gasteiger partial charge in [0, 0.05) is 38.3 Å². The minimum Gasteiger partial charge on any atom is -0.383 e. The molecule has 0 bridgehead atoms. The molecule has 3 aliphatic rings. The standard InChI is InChI=1S/C19H25N7O2/c20-15-14(10-21-16(22-15)12-5-6-12)17-23-18(28-24-17)13-4-3-9-26(11-13)19(27)25-7-1-2-8-25/h10,12-13H,1-9,11H2,(H2,20,21,22). The molecule has 2 aliphatic heterocycles. The minimum atomic E-state index is 0.0504. The summed E-state index contributed by atoms with van der Waals surface area (Å²) >= 11 is 0. The molecule has 148 valence electrons. The van der Waals surface area contributed by atoms with Crippen LogP contribution in [0.25, 0.3) is 11.4 Å². The smallest absolute Gasteiger partial charge is 0.320 e. The molecule has 1 aliphatic carbocycles. The molecule has 0 radical (unpaired) electrons. The fourth-order valence-corrected chi connectivity index (χ4v) is 4.09. The first kappa shape index (κ1) is 17.4. The Labute approximate surface area is 163 Å². The lowest BCUT2D eigenvalue weighted by atomic mass is 9.98. The zero-order valence-corrected chi connectivity index (χ0v) is 15.9. The second kappa shape index (κ2) is 7.03. The molecular formula is C19H25N7O2. The van der Waals surface area contributed by atoms with Crippen LogP contribution in [0.5, 0.6) is 0 Å². The molecule has 28 heavy (non-hydrogen) atoms. The van der Waals surface area contributed by atoms with Gasteiger partial charge in [-0.25, -0.2) is 14.8 Å². The van der Waals surface area contributed by atoms with Crippen molar-refractivity contribution in [3.8, 4) is 11.4 Å². The summed E-state index contributed by atoms with van der Waals surface area (Å²) in [4.78, 5) is 29.9. The first-order chi connectivity index (χ1) is 13.7. The Morgan fingerprint density at radius 2 is 1.82 bits per heavy atom. The molecule has 2 saturated heterocycles. The maximum atomic E-state index is 12.7. The number of piperidine rings is 1. The number of hydrogen-bond donors (Lipinski definition) is 1. The second-order valence-corrected chi connectivity index (χ2v) is 8.02. The van der Waals surface area contributed by atoms with Crippen LogP contribution in [-0.4, -0.2) is 62.1 Å². The van der Waals surface area contributed by atoms with Gasteiger partial charge in [-0.3, -0.25) is 0 Å². The van der Waals surface area contributed by atoms with Gasteiger partial charge in [0.25, 0.3) is 0 Å². The fraction of sp³-hybridized carbons (Fsp3) is 0.632. The number of nitrogens with two attached hydrogens (primary N) is 1. The molecule has 1 unspecified atom stereocenters. The van der Waals surface area contributed by atoms with Crippen molar-refractivity contribution in [1.29, 1.82) is 0 Å². The summed E-state index contributed by atoms with van der Waals surface area (Å²) in [5.41, 5.74) is 6.70. The van der Waals surface area contributed by atoms with Gasteiger partial charge in [-0.2, -0.15) is 4.98 Å². The van der Waals surface area contributed by atoms with Crippen molar-refractivity contribution >= 4 is 11.8 Å². The Bertz CT molecular complexity index is 873. The van der Waals surface area contributed by atoms with Crippen molar-refractivity contribution in [2.45, 2.75) is 50.4 Å². The van der Waals surface area contributed by atoms with Crippen LogP contribution >= 0.6 is 0 Å². The van der Waals surface area contributed by atoms with Crippen molar-refractivity contribution in [2.75, 3.05) is 31.9 Å². The lowest BCUT2D eigenvalue weighted by Crippen LogP contribution is -2.46. The maximum absolute atomic E-state index is 12.7. The van der Waals surface area contributed by atoms with Crippen LogP contribution in [0.4, 0.5) is 10.6 Å². The molecule has 0 aromatic carbocycles. The summed E-state index contributed by atoms with van der Waals surface area (Å²) in [6.45, 7) is 3.13. The number of anilines is 1. The molecule has 1 saturated carbocycles. The van der Waals surface area contributed by atoms with E-state index in [1.54, 1.807) is 6.20 Å². The number of carbonyl (C=O) groups excluding carboxylic acids is 1. The SMILES string of the molecule is Nc1nc(C2CC2)ncc1-c1noc(C2CCCN(C(=O)N3CCCC3)C2)n1. The Morgan fingerprint density at radius 1 is 1.04 bits per heavy atom. The second-order valence-electron chi connectivity index (χ2n) is 8.02. The Kier molecular flexibility index (Phi) is 4.37. The van der Waals surface area contributed by atoms with Gasteiger partial charge in [0.15, 0.2) is 0 Å². The summed E-state index contributed by atoms with van der Waals surface area (Å²) in [7, 11) is 0. The lowest BCUT2D eigenvalue weighted by molar-refractivity contribution is 0.142. The number of amides is 2. The zero-order chi connectivity index (χ0) is 19.1. The third-order valence-electron chi connectivity index (χ3n) is 5.88. The molecule has 9 heteroatoms. The largest absolute Gasteiger partial charge is 0.383 e. The lowest BCUT2D eigenvalue weighted by Gasteiger charge is -2.33. The van der Waals surface area contributed by atoms with E-state index in [0.29, 0.717) is 35.6 Å². The van der Waals surface area contributed by atoms with Crippen molar-refractivity contribution in [3.05, 3.63) is 17.9 Å². The van der Waals surface area contributed by atoms with Gasteiger partial charge >= 0.3 is 6.03 Å². The van der Waals surface area contributed by atoms with E-state index in [1.165, 1.54) is 0 Å². The van der Waals surface area contributed by atoms with Crippen molar-refractivity contribution in [1.82, 2.24) is 29.9 Å². The summed E-state index contributed by atoms with van der Waals surface area (Å²) in [5, 5.41) is 4.10. The number of urea groups is 1. The monoisotopic (exact) mass is 383 g/mol.